The Kier molecular flexibility index (Phi) is 8.56. The maximum absolute atomic E-state index is 14.1. The predicted octanol–water partition coefficient (Wildman–Crippen LogP) is 3.74. The number of rotatable bonds is 4. The highest BCUT2D eigenvalue weighted by atomic mass is 16.5. The minimum Gasteiger partial charge on any atom is -0.491 e. The van der Waals surface area contributed by atoms with Crippen molar-refractivity contribution >= 4 is 11.8 Å². The van der Waals surface area contributed by atoms with Gasteiger partial charge in [0.2, 0.25) is 0 Å². The average molecular weight is 495 g/mol. The molecule has 2 aliphatic heterocycles. The summed E-state index contributed by atoms with van der Waals surface area (Å²) in [7, 11) is 0. The molecule has 1 atom stereocenters. The molecule has 1 aromatic carbocycles. The van der Waals surface area contributed by atoms with Gasteiger partial charge in [0, 0.05) is 19.3 Å². The van der Waals surface area contributed by atoms with Crippen LogP contribution in [0.15, 0.2) is 30.5 Å². The number of morpholine rings is 1. The quantitative estimate of drug-likeness (QED) is 0.644. The van der Waals surface area contributed by atoms with Crippen LogP contribution in [0, 0.1) is 13.8 Å². The molecule has 1 saturated heterocycles. The van der Waals surface area contributed by atoms with Crippen molar-refractivity contribution in [2.45, 2.75) is 64.9 Å². The van der Waals surface area contributed by atoms with E-state index in [9.17, 15) is 9.59 Å². The van der Waals surface area contributed by atoms with Crippen LogP contribution >= 0.6 is 0 Å². The van der Waals surface area contributed by atoms with Crippen molar-refractivity contribution < 1.29 is 19.1 Å². The van der Waals surface area contributed by atoms with Gasteiger partial charge >= 0.3 is 0 Å². The van der Waals surface area contributed by atoms with E-state index in [1.165, 1.54) is 5.56 Å². The van der Waals surface area contributed by atoms with E-state index in [1.54, 1.807) is 11.1 Å². The molecule has 0 radical (unpaired) electrons. The highest BCUT2D eigenvalue weighted by molar-refractivity contribution is 5.96. The first-order valence-electron chi connectivity index (χ1n) is 13.2. The number of amides is 2. The number of hydrogen-bond donors (Lipinski definition) is 0. The van der Waals surface area contributed by atoms with Crippen LogP contribution in [-0.4, -0.2) is 76.6 Å². The molecule has 0 N–H and O–H groups in total. The number of fused-ring (bicyclic) bond motifs is 1. The molecule has 8 heteroatoms. The van der Waals surface area contributed by atoms with Gasteiger partial charge in [-0.05, 0) is 57.6 Å². The van der Waals surface area contributed by atoms with Crippen molar-refractivity contribution in [1.29, 1.82) is 0 Å². The minimum atomic E-state index is -1.06. The van der Waals surface area contributed by atoms with Crippen molar-refractivity contribution in [3.05, 3.63) is 53.1 Å². The Labute approximate surface area is 214 Å². The number of aromatic nitrogens is 2. The summed E-state index contributed by atoms with van der Waals surface area (Å²) in [6, 6.07) is 8.14. The molecule has 1 aromatic heterocycles. The van der Waals surface area contributed by atoms with Gasteiger partial charge in [-0.25, -0.2) is 9.97 Å². The molecule has 1 fully saturated rings. The average Bonchev–Trinajstić information content (AvgIpc) is 2.88. The number of ether oxygens (including phenoxy) is 2. The van der Waals surface area contributed by atoms with Crippen LogP contribution in [-0.2, 0) is 16.0 Å². The third kappa shape index (κ3) is 5.86. The summed E-state index contributed by atoms with van der Waals surface area (Å²) >= 11 is 0. The molecule has 3 heterocycles. The van der Waals surface area contributed by atoms with E-state index in [0.29, 0.717) is 56.4 Å². The third-order valence-corrected chi connectivity index (χ3v) is 7.13. The molecule has 8 nitrogen and oxygen atoms in total. The van der Waals surface area contributed by atoms with Gasteiger partial charge in [0.1, 0.15) is 18.2 Å². The molecule has 1 spiro atoms. The molecular formula is C28H38N4O4. The topological polar surface area (TPSA) is 84.9 Å². The third-order valence-electron chi connectivity index (χ3n) is 7.13. The fourth-order valence-corrected chi connectivity index (χ4v) is 5.10. The SMILES string of the molecule is CCCCN1CCOc2ccccc2CCCCC2(CN(C(=O)c3cnc(C)nc3C)CCO2)C1=O. The molecule has 2 amide bonds. The van der Waals surface area contributed by atoms with Crippen LogP contribution in [0.1, 0.15) is 66.5 Å². The fraction of sp³-hybridized carbons (Fsp3) is 0.571. The Balaban J connectivity index is 1.60. The van der Waals surface area contributed by atoms with Crippen molar-refractivity contribution in [3.63, 3.8) is 0 Å². The predicted molar refractivity (Wildman–Crippen MR) is 137 cm³/mol. The molecule has 0 saturated carbocycles. The second-order valence-electron chi connectivity index (χ2n) is 9.79. The summed E-state index contributed by atoms with van der Waals surface area (Å²) in [6.07, 6.45) is 6.66. The van der Waals surface area contributed by atoms with Crippen LogP contribution in [0.4, 0.5) is 0 Å². The van der Waals surface area contributed by atoms with Gasteiger partial charge in [-0.1, -0.05) is 31.5 Å². The lowest BCUT2D eigenvalue weighted by Crippen LogP contribution is -2.62. The maximum Gasteiger partial charge on any atom is 0.257 e. The number of carbonyl (C=O) groups excluding carboxylic acids is 2. The smallest absolute Gasteiger partial charge is 0.257 e. The fourth-order valence-electron chi connectivity index (χ4n) is 5.10. The number of aryl methyl sites for hydroxylation is 3. The van der Waals surface area contributed by atoms with E-state index in [2.05, 4.69) is 23.0 Å². The van der Waals surface area contributed by atoms with Crippen LogP contribution in [0.3, 0.4) is 0 Å². The van der Waals surface area contributed by atoms with Gasteiger partial charge in [-0.3, -0.25) is 9.59 Å². The molecule has 0 bridgehead atoms. The Morgan fingerprint density at radius 3 is 2.78 bits per heavy atom. The number of benzene rings is 1. The lowest BCUT2D eigenvalue weighted by atomic mass is 9.90. The second-order valence-corrected chi connectivity index (χ2v) is 9.79. The van der Waals surface area contributed by atoms with Crippen molar-refractivity contribution in [2.75, 3.05) is 39.4 Å². The Morgan fingerprint density at radius 1 is 1.14 bits per heavy atom. The Bertz CT molecular complexity index is 1080. The molecule has 1 unspecified atom stereocenters. The van der Waals surface area contributed by atoms with Gasteiger partial charge in [-0.15, -0.1) is 0 Å². The molecular weight excluding hydrogens is 456 g/mol. The first-order chi connectivity index (χ1) is 17.4. The molecule has 36 heavy (non-hydrogen) atoms. The van der Waals surface area contributed by atoms with Gasteiger partial charge < -0.3 is 19.3 Å². The van der Waals surface area contributed by atoms with Crippen molar-refractivity contribution in [2.24, 2.45) is 0 Å². The van der Waals surface area contributed by atoms with E-state index in [1.807, 2.05) is 36.9 Å². The maximum atomic E-state index is 14.1. The number of carbonyl (C=O) groups is 2. The van der Waals surface area contributed by atoms with Gasteiger partial charge in [-0.2, -0.15) is 0 Å². The largest absolute Gasteiger partial charge is 0.491 e. The number of para-hydroxylation sites is 1. The molecule has 0 aliphatic carbocycles. The van der Waals surface area contributed by atoms with Crippen LogP contribution in [0.5, 0.6) is 5.75 Å². The normalized spacial score (nSPS) is 21.4. The first kappa shape index (κ1) is 26.1. The van der Waals surface area contributed by atoms with E-state index < -0.39 is 5.60 Å². The molecule has 2 aromatic rings. The lowest BCUT2D eigenvalue weighted by molar-refractivity contribution is -0.170. The molecule has 2 aliphatic rings. The van der Waals surface area contributed by atoms with E-state index >= 15 is 0 Å². The summed E-state index contributed by atoms with van der Waals surface area (Å²) in [5.74, 6) is 1.35. The summed E-state index contributed by atoms with van der Waals surface area (Å²) < 4.78 is 12.4. The van der Waals surface area contributed by atoms with E-state index in [0.717, 1.165) is 37.9 Å². The first-order valence-corrected chi connectivity index (χ1v) is 13.2. The second kappa shape index (κ2) is 11.8. The minimum absolute atomic E-state index is 0.0391. The molecule has 4 rings (SSSR count). The van der Waals surface area contributed by atoms with Crippen LogP contribution in [0.2, 0.25) is 0 Å². The lowest BCUT2D eigenvalue weighted by Gasteiger charge is -2.44. The van der Waals surface area contributed by atoms with Gasteiger partial charge in [0.25, 0.3) is 11.8 Å². The van der Waals surface area contributed by atoms with Crippen molar-refractivity contribution in [1.82, 2.24) is 19.8 Å². The zero-order chi connectivity index (χ0) is 25.5. The summed E-state index contributed by atoms with van der Waals surface area (Å²) in [4.78, 5) is 39.8. The highest BCUT2D eigenvalue weighted by Gasteiger charge is 2.46. The Morgan fingerprint density at radius 2 is 1.97 bits per heavy atom. The summed E-state index contributed by atoms with van der Waals surface area (Å²) in [5, 5.41) is 0. The number of unbranched alkanes of at least 4 members (excludes halogenated alkanes) is 1. The number of nitrogens with zero attached hydrogens (tertiary/aromatic N) is 4. The standard InChI is InChI=1S/C28H38N4O4/c1-4-5-14-31-15-17-35-25-12-7-6-10-23(25)11-8-9-13-28(27(31)34)20-32(16-18-36-28)26(33)24-19-29-22(3)30-21(24)2/h6-7,10,12,19H,4-5,8-9,11,13-18,20H2,1-3H3. The summed E-state index contributed by atoms with van der Waals surface area (Å²) in [5.41, 5.74) is 1.26. The van der Waals surface area contributed by atoms with E-state index in [4.69, 9.17) is 9.47 Å². The number of hydrogen-bond acceptors (Lipinski definition) is 6. The Hall–Kier alpha value is -3.00. The van der Waals surface area contributed by atoms with Crippen molar-refractivity contribution in [3.8, 4) is 5.75 Å². The molecule has 194 valence electrons. The summed E-state index contributed by atoms with van der Waals surface area (Å²) in [6.45, 7) is 8.29. The zero-order valence-electron chi connectivity index (χ0n) is 21.8. The van der Waals surface area contributed by atoms with Gasteiger partial charge in [0.15, 0.2) is 5.60 Å². The van der Waals surface area contributed by atoms with Crippen LogP contribution in [0.25, 0.3) is 0 Å². The highest BCUT2D eigenvalue weighted by Crippen LogP contribution is 2.30. The van der Waals surface area contributed by atoms with Gasteiger partial charge in [0.05, 0.1) is 31.0 Å². The zero-order valence-corrected chi connectivity index (χ0v) is 21.8. The van der Waals surface area contributed by atoms with E-state index in [-0.39, 0.29) is 18.4 Å². The van der Waals surface area contributed by atoms with Crippen LogP contribution < -0.4 is 4.74 Å². The monoisotopic (exact) mass is 494 g/mol.